The van der Waals surface area contributed by atoms with E-state index in [9.17, 15) is 4.39 Å². The minimum atomic E-state index is -0.0811. The first kappa shape index (κ1) is 11.0. The van der Waals surface area contributed by atoms with E-state index in [4.69, 9.17) is 0 Å². The highest BCUT2D eigenvalue weighted by atomic mass is 19.1. The Morgan fingerprint density at radius 3 is 2.24 bits per heavy atom. The summed E-state index contributed by atoms with van der Waals surface area (Å²) in [5.74, 6) is -0.0811. The number of para-hydroxylation sites is 1. The van der Waals surface area contributed by atoms with Crippen LogP contribution in [0.1, 0.15) is 12.8 Å². The Morgan fingerprint density at radius 1 is 0.941 bits per heavy atom. The second-order valence-corrected chi connectivity index (χ2v) is 5.38. The fourth-order valence-corrected chi connectivity index (χ4v) is 3.29. The summed E-state index contributed by atoms with van der Waals surface area (Å²) >= 11 is 0. The van der Waals surface area contributed by atoms with Gasteiger partial charge < -0.3 is 9.38 Å². The fourth-order valence-electron chi connectivity index (χ4n) is 3.29. The predicted molar refractivity (Wildman–Crippen MR) is 67.6 cm³/mol. The minimum Gasteiger partial charge on any atom is -0.358 e. The first-order chi connectivity index (χ1) is 8.29. The fraction of sp³-hybridized carbons (Fsp3) is 0.571. The highest BCUT2D eigenvalue weighted by Gasteiger charge is 2.36. The van der Waals surface area contributed by atoms with E-state index in [1.165, 1.54) is 43.5 Å². The van der Waals surface area contributed by atoms with Crippen LogP contribution in [0, 0.1) is 5.82 Å². The molecule has 2 aliphatic rings. The summed E-state index contributed by atoms with van der Waals surface area (Å²) in [7, 11) is 0. The van der Waals surface area contributed by atoms with Crippen molar-refractivity contribution in [3.63, 3.8) is 0 Å². The summed E-state index contributed by atoms with van der Waals surface area (Å²) in [6, 6.07) is 7.14. The Balaban J connectivity index is 1.71. The van der Waals surface area contributed by atoms with Gasteiger partial charge in [0.05, 0.1) is 45.0 Å². The van der Waals surface area contributed by atoms with Crippen molar-refractivity contribution in [2.75, 3.05) is 44.2 Å². The van der Waals surface area contributed by atoms with Crippen molar-refractivity contribution >= 4 is 5.69 Å². The number of hydrogen-bond donors (Lipinski definition) is 0. The number of nitrogens with zero attached hydrogens (tertiary/aromatic N) is 2. The maximum Gasteiger partial charge on any atom is 0.146 e. The highest BCUT2D eigenvalue weighted by molar-refractivity contribution is 5.47. The number of quaternary nitrogens is 1. The van der Waals surface area contributed by atoms with Gasteiger partial charge in [-0.2, -0.15) is 0 Å². The number of piperazine rings is 1. The van der Waals surface area contributed by atoms with Crippen LogP contribution in [0.25, 0.3) is 0 Å². The first-order valence-corrected chi connectivity index (χ1v) is 6.64. The molecule has 1 aromatic carbocycles. The summed E-state index contributed by atoms with van der Waals surface area (Å²) in [5, 5.41) is 0. The van der Waals surface area contributed by atoms with Crippen LogP contribution in [0.3, 0.4) is 0 Å². The smallest absolute Gasteiger partial charge is 0.146 e. The molecule has 0 N–H and O–H groups in total. The van der Waals surface area contributed by atoms with Crippen LogP contribution in [0.4, 0.5) is 10.1 Å². The molecule has 0 atom stereocenters. The maximum atomic E-state index is 13.7. The van der Waals surface area contributed by atoms with E-state index in [1.54, 1.807) is 12.1 Å². The van der Waals surface area contributed by atoms with E-state index in [2.05, 4.69) is 4.90 Å². The lowest BCUT2D eigenvalue weighted by Gasteiger charge is -2.42. The van der Waals surface area contributed by atoms with Crippen LogP contribution in [-0.4, -0.2) is 43.8 Å². The zero-order valence-electron chi connectivity index (χ0n) is 10.2. The van der Waals surface area contributed by atoms with Gasteiger partial charge in [-0.05, 0) is 12.1 Å². The van der Waals surface area contributed by atoms with E-state index < -0.39 is 0 Å². The number of anilines is 1. The molecule has 0 aliphatic carbocycles. The average molecular weight is 235 g/mol. The summed E-state index contributed by atoms with van der Waals surface area (Å²) in [4.78, 5) is 2.21. The Hall–Kier alpha value is -1.09. The molecular formula is C14H20FN2+. The molecule has 2 heterocycles. The zero-order chi connectivity index (χ0) is 11.7. The van der Waals surface area contributed by atoms with Crippen LogP contribution in [0.5, 0.6) is 0 Å². The number of benzene rings is 1. The lowest BCUT2D eigenvalue weighted by atomic mass is 10.2. The Bertz CT molecular complexity index is 389. The number of rotatable bonds is 1. The van der Waals surface area contributed by atoms with Gasteiger partial charge in [0.1, 0.15) is 5.82 Å². The standard InChI is InChI=1S/C14H20FN2/c15-13-5-1-2-6-14(13)16-7-11-17(12-8-16)9-3-4-10-17/h1-2,5-6H,3-4,7-12H2/q+1. The molecule has 1 aromatic rings. The van der Waals surface area contributed by atoms with E-state index in [0.29, 0.717) is 0 Å². The molecule has 3 heteroatoms. The minimum absolute atomic E-state index is 0.0811. The van der Waals surface area contributed by atoms with Crippen molar-refractivity contribution in [1.82, 2.24) is 0 Å². The van der Waals surface area contributed by atoms with Crippen molar-refractivity contribution in [3.05, 3.63) is 30.1 Å². The lowest BCUT2D eigenvalue weighted by Crippen LogP contribution is -2.58. The van der Waals surface area contributed by atoms with Gasteiger partial charge in [-0.15, -0.1) is 0 Å². The molecule has 92 valence electrons. The lowest BCUT2D eigenvalue weighted by molar-refractivity contribution is -0.917. The molecule has 17 heavy (non-hydrogen) atoms. The Kier molecular flexibility index (Phi) is 2.79. The van der Waals surface area contributed by atoms with Gasteiger partial charge in [-0.1, -0.05) is 12.1 Å². The molecule has 0 radical (unpaired) electrons. The summed E-state index contributed by atoms with van der Waals surface area (Å²) in [6.07, 6.45) is 2.75. The van der Waals surface area contributed by atoms with Crippen LogP contribution >= 0.6 is 0 Å². The van der Waals surface area contributed by atoms with Gasteiger partial charge in [0.2, 0.25) is 0 Å². The first-order valence-electron chi connectivity index (χ1n) is 6.64. The van der Waals surface area contributed by atoms with Crippen molar-refractivity contribution in [2.45, 2.75) is 12.8 Å². The molecule has 0 saturated carbocycles. The molecule has 2 saturated heterocycles. The van der Waals surface area contributed by atoms with Crippen molar-refractivity contribution < 1.29 is 8.87 Å². The Labute approximate surface area is 102 Å². The number of hydrogen-bond acceptors (Lipinski definition) is 1. The van der Waals surface area contributed by atoms with Crippen LogP contribution in [0.2, 0.25) is 0 Å². The van der Waals surface area contributed by atoms with Crippen LogP contribution < -0.4 is 4.90 Å². The maximum absolute atomic E-state index is 13.7. The largest absolute Gasteiger partial charge is 0.358 e. The van der Waals surface area contributed by atoms with Crippen molar-refractivity contribution in [3.8, 4) is 0 Å². The van der Waals surface area contributed by atoms with Crippen LogP contribution in [-0.2, 0) is 0 Å². The molecule has 0 unspecified atom stereocenters. The van der Waals surface area contributed by atoms with E-state index in [-0.39, 0.29) is 5.82 Å². The molecule has 2 nitrogen and oxygen atoms in total. The second kappa shape index (κ2) is 4.30. The third kappa shape index (κ3) is 2.04. The van der Waals surface area contributed by atoms with E-state index in [0.717, 1.165) is 18.8 Å². The average Bonchev–Trinajstić information content (AvgIpc) is 2.80. The van der Waals surface area contributed by atoms with Gasteiger partial charge in [-0.25, -0.2) is 4.39 Å². The molecule has 2 aliphatic heterocycles. The highest BCUT2D eigenvalue weighted by Crippen LogP contribution is 2.26. The molecule has 2 fully saturated rings. The number of halogens is 1. The molecule has 3 rings (SSSR count). The van der Waals surface area contributed by atoms with Crippen molar-refractivity contribution in [2.24, 2.45) is 0 Å². The van der Waals surface area contributed by atoms with Gasteiger partial charge in [0.15, 0.2) is 0 Å². The van der Waals surface area contributed by atoms with Crippen molar-refractivity contribution in [1.29, 1.82) is 0 Å². The quantitative estimate of drug-likeness (QED) is 0.675. The Morgan fingerprint density at radius 2 is 1.59 bits per heavy atom. The van der Waals surface area contributed by atoms with Gasteiger partial charge in [0, 0.05) is 12.8 Å². The summed E-state index contributed by atoms with van der Waals surface area (Å²) in [5.41, 5.74) is 0.782. The SMILES string of the molecule is Fc1ccccc1N1CC[N+]2(CCCC2)CC1. The topological polar surface area (TPSA) is 3.24 Å². The molecule has 0 bridgehead atoms. The van der Waals surface area contributed by atoms with Crippen LogP contribution in [0.15, 0.2) is 24.3 Å². The normalized spacial score (nSPS) is 23.2. The second-order valence-electron chi connectivity index (χ2n) is 5.38. The predicted octanol–water partition coefficient (Wildman–Crippen LogP) is 2.26. The summed E-state index contributed by atoms with van der Waals surface area (Å²) in [6.45, 7) is 7.06. The van der Waals surface area contributed by atoms with Gasteiger partial charge >= 0.3 is 0 Å². The van der Waals surface area contributed by atoms with E-state index in [1.807, 2.05) is 12.1 Å². The molecular weight excluding hydrogens is 215 g/mol. The third-order valence-electron chi connectivity index (χ3n) is 4.40. The molecule has 0 aromatic heterocycles. The monoisotopic (exact) mass is 235 g/mol. The van der Waals surface area contributed by atoms with E-state index >= 15 is 0 Å². The van der Waals surface area contributed by atoms with Gasteiger partial charge in [-0.3, -0.25) is 0 Å². The molecule has 1 spiro atoms. The third-order valence-corrected chi connectivity index (χ3v) is 4.40. The molecule has 0 amide bonds. The summed E-state index contributed by atoms with van der Waals surface area (Å²) < 4.78 is 15.0. The van der Waals surface area contributed by atoms with Gasteiger partial charge in [0.25, 0.3) is 0 Å². The zero-order valence-corrected chi connectivity index (χ0v) is 10.2.